The fraction of sp³-hybridized carbons (Fsp3) is 0.500. The third kappa shape index (κ3) is 3.33. The Bertz CT molecular complexity index is 572. The molecular formula is C16H19BrN2O3. The third-order valence-corrected chi connectivity index (χ3v) is 4.84. The van der Waals surface area contributed by atoms with Crippen molar-refractivity contribution in [2.45, 2.75) is 25.4 Å². The average Bonchev–Trinajstić information content (AvgIpc) is 3.15. The number of nitrogens with zero attached hydrogens (tertiary/aromatic N) is 1. The van der Waals surface area contributed by atoms with E-state index in [4.69, 9.17) is 4.74 Å². The van der Waals surface area contributed by atoms with Crippen molar-refractivity contribution in [1.29, 1.82) is 0 Å². The van der Waals surface area contributed by atoms with E-state index in [-0.39, 0.29) is 30.3 Å². The molecule has 2 unspecified atom stereocenters. The maximum absolute atomic E-state index is 12.3. The molecule has 2 fully saturated rings. The summed E-state index contributed by atoms with van der Waals surface area (Å²) >= 11 is 3.46. The lowest BCUT2D eigenvalue weighted by Crippen LogP contribution is -2.37. The van der Waals surface area contributed by atoms with E-state index < -0.39 is 0 Å². The lowest BCUT2D eigenvalue weighted by Gasteiger charge is -2.18. The van der Waals surface area contributed by atoms with Gasteiger partial charge < -0.3 is 15.0 Å². The topological polar surface area (TPSA) is 58.6 Å². The molecular weight excluding hydrogens is 348 g/mol. The minimum absolute atomic E-state index is 0.0100. The number of para-hydroxylation sites is 1. The molecule has 6 heteroatoms. The minimum atomic E-state index is -0.291. The van der Waals surface area contributed by atoms with Crippen LogP contribution >= 0.6 is 15.9 Å². The Hall–Kier alpha value is -1.40. The summed E-state index contributed by atoms with van der Waals surface area (Å²) in [5, 5.41) is 2.92. The third-order valence-electron chi connectivity index (χ3n) is 4.17. The van der Waals surface area contributed by atoms with Crippen LogP contribution in [0.3, 0.4) is 0 Å². The number of hydrogen-bond donors (Lipinski definition) is 1. The summed E-state index contributed by atoms with van der Waals surface area (Å²) in [5.41, 5.74) is 0.821. The van der Waals surface area contributed by atoms with Crippen molar-refractivity contribution in [3.8, 4) is 0 Å². The molecule has 118 valence electrons. The molecule has 3 rings (SSSR count). The number of benzene rings is 1. The van der Waals surface area contributed by atoms with Gasteiger partial charge in [-0.2, -0.15) is 0 Å². The maximum Gasteiger partial charge on any atom is 0.227 e. The first-order chi connectivity index (χ1) is 10.6. The van der Waals surface area contributed by atoms with E-state index >= 15 is 0 Å². The van der Waals surface area contributed by atoms with Crippen LogP contribution in [-0.2, 0) is 14.3 Å². The van der Waals surface area contributed by atoms with Crippen LogP contribution in [0.1, 0.15) is 19.3 Å². The minimum Gasteiger partial charge on any atom is -0.376 e. The van der Waals surface area contributed by atoms with E-state index in [1.165, 1.54) is 0 Å². The average molecular weight is 367 g/mol. The molecule has 0 aliphatic carbocycles. The number of carbonyl (C=O) groups is 2. The Morgan fingerprint density at radius 3 is 2.95 bits per heavy atom. The standard InChI is InChI=1S/C16H19BrN2O3/c17-13-5-1-2-6-14(13)19-10-11(8-15(19)20)16(21)18-9-12-4-3-7-22-12/h1-2,5-6,11-12H,3-4,7-10H2,(H,18,21). The SMILES string of the molecule is O=C(NCC1CCCO1)C1CC(=O)N(c2ccccc2Br)C1. The highest BCUT2D eigenvalue weighted by Crippen LogP contribution is 2.31. The van der Waals surface area contributed by atoms with E-state index in [0.717, 1.165) is 29.6 Å². The lowest BCUT2D eigenvalue weighted by atomic mass is 10.1. The normalized spacial score (nSPS) is 24.8. The maximum atomic E-state index is 12.3. The van der Waals surface area contributed by atoms with Gasteiger partial charge in [-0.1, -0.05) is 12.1 Å². The molecule has 1 N–H and O–H groups in total. The van der Waals surface area contributed by atoms with Gasteiger partial charge in [0.1, 0.15) is 0 Å². The van der Waals surface area contributed by atoms with Crippen molar-refractivity contribution in [1.82, 2.24) is 5.32 Å². The molecule has 1 aromatic rings. The molecule has 2 saturated heterocycles. The Balaban J connectivity index is 1.59. The number of ether oxygens (including phenoxy) is 1. The first-order valence-corrected chi connectivity index (χ1v) is 8.38. The van der Waals surface area contributed by atoms with Crippen LogP contribution in [0.4, 0.5) is 5.69 Å². The molecule has 2 heterocycles. The second-order valence-electron chi connectivity index (χ2n) is 5.74. The molecule has 0 radical (unpaired) electrons. The highest BCUT2D eigenvalue weighted by molar-refractivity contribution is 9.10. The van der Waals surface area contributed by atoms with Gasteiger partial charge in [0, 0.05) is 30.6 Å². The Morgan fingerprint density at radius 1 is 1.41 bits per heavy atom. The van der Waals surface area contributed by atoms with Crippen molar-refractivity contribution < 1.29 is 14.3 Å². The molecule has 0 spiro atoms. The number of nitrogens with one attached hydrogen (secondary N) is 1. The van der Waals surface area contributed by atoms with E-state index in [0.29, 0.717) is 13.1 Å². The summed E-state index contributed by atoms with van der Waals surface area (Å²) in [5.74, 6) is -0.358. The molecule has 0 aromatic heterocycles. The van der Waals surface area contributed by atoms with Crippen LogP contribution in [0.2, 0.25) is 0 Å². The van der Waals surface area contributed by atoms with E-state index in [1.807, 2.05) is 24.3 Å². The van der Waals surface area contributed by atoms with Gasteiger partial charge in [0.2, 0.25) is 11.8 Å². The van der Waals surface area contributed by atoms with Gasteiger partial charge in [0.25, 0.3) is 0 Å². The van der Waals surface area contributed by atoms with Gasteiger partial charge in [-0.05, 0) is 40.9 Å². The summed E-state index contributed by atoms with van der Waals surface area (Å²) in [7, 11) is 0. The summed E-state index contributed by atoms with van der Waals surface area (Å²) in [6, 6.07) is 7.57. The zero-order valence-electron chi connectivity index (χ0n) is 12.3. The second-order valence-corrected chi connectivity index (χ2v) is 6.59. The van der Waals surface area contributed by atoms with Gasteiger partial charge in [0.05, 0.1) is 17.7 Å². The Labute approximate surface area is 138 Å². The van der Waals surface area contributed by atoms with Gasteiger partial charge >= 0.3 is 0 Å². The van der Waals surface area contributed by atoms with Gasteiger partial charge in [-0.15, -0.1) is 0 Å². The van der Waals surface area contributed by atoms with Crippen LogP contribution in [0, 0.1) is 5.92 Å². The van der Waals surface area contributed by atoms with E-state index in [1.54, 1.807) is 4.90 Å². The summed E-state index contributed by atoms with van der Waals surface area (Å²) < 4.78 is 6.36. The quantitative estimate of drug-likeness (QED) is 0.887. The summed E-state index contributed by atoms with van der Waals surface area (Å²) in [6.07, 6.45) is 2.43. The number of amides is 2. The molecule has 5 nitrogen and oxygen atoms in total. The van der Waals surface area contributed by atoms with Crippen molar-refractivity contribution in [3.63, 3.8) is 0 Å². The van der Waals surface area contributed by atoms with Crippen molar-refractivity contribution in [2.24, 2.45) is 5.92 Å². The van der Waals surface area contributed by atoms with E-state index in [2.05, 4.69) is 21.2 Å². The molecule has 2 aliphatic rings. The number of anilines is 1. The second kappa shape index (κ2) is 6.79. The predicted molar refractivity (Wildman–Crippen MR) is 86.6 cm³/mol. The van der Waals surface area contributed by atoms with Gasteiger partial charge in [-0.3, -0.25) is 9.59 Å². The highest BCUT2D eigenvalue weighted by atomic mass is 79.9. The lowest BCUT2D eigenvalue weighted by molar-refractivity contribution is -0.126. The smallest absolute Gasteiger partial charge is 0.227 e. The van der Waals surface area contributed by atoms with Crippen molar-refractivity contribution >= 4 is 33.4 Å². The van der Waals surface area contributed by atoms with Crippen LogP contribution in [0.15, 0.2) is 28.7 Å². The molecule has 2 amide bonds. The predicted octanol–water partition coefficient (Wildman–Crippen LogP) is 2.10. The Morgan fingerprint density at radius 2 is 2.23 bits per heavy atom. The largest absolute Gasteiger partial charge is 0.376 e. The van der Waals surface area contributed by atoms with Crippen molar-refractivity contribution in [2.75, 3.05) is 24.6 Å². The van der Waals surface area contributed by atoms with Crippen LogP contribution in [-0.4, -0.2) is 37.6 Å². The van der Waals surface area contributed by atoms with Crippen LogP contribution in [0.25, 0.3) is 0 Å². The Kier molecular flexibility index (Phi) is 4.78. The number of rotatable bonds is 4. The molecule has 0 saturated carbocycles. The summed E-state index contributed by atoms with van der Waals surface area (Å²) in [4.78, 5) is 26.1. The molecule has 22 heavy (non-hydrogen) atoms. The van der Waals surface area contributed by atoms with E-state index in [9.17, 15) is 9.59 Å². The number of carbonyl (C=O) groups excluding carboxylic acids is 2. The zero-order valence-corrected chi connectivity index (χ0v) is 13.8. The fourth-order valence-electron chi connectivity index (χ4n) is 2.95. The molecule has 0 bridgehead atoms. The zero-order chi connectivity index (χ0) is 15.5. The number of hydrogen-bond acceptors (Lipinski definition) is 3. The van der Waals surface area contributed by atoms with Gasteiger partial charge in [0.15, 0.2) is 0 Å². The molecule has 2 atom stereocenters. The van der Waals surface area contributed by atoms with Crippen LogP contribution < -0.4 is 10.2 Å². The molecule has 2 aliphatic heterocycles. The summed E-state index contributed by atoms with van der Waals surface area (Å²) in [6.45, 7) is 1.75. The van der Waals surface area contributed by atoms with Crippen molar-refractivity contribution in [3.05, 3.63) is 28.7 Å². The first kappa shape index (κ1) is 15.5. The highest BCUT2D eigenvalue weighted by Gasteiger charge is 2.35. The monoisotopic (exact) mass is 366 g/mol. The fourth-order valence-corrected chi connectivity index (χ4v) is 3.45. The molecule has 1 aromatic carbocycles. The number of halogens is 1. The first-order valence-electron chi connectivity index (χ1n) is 7.59. The van der Waals surface area contributed by atoms with Gasteiger partial charge in [-0.25, -0.2) is 0 Å². The van der Waals surface area contributed by atoms with Crippen LogP contribution in [0.5, 0.6) is 0 Å².